The van der Waals surface area contributed by atoms with Crippen LogP contribution in [0.3, 0.4) is 0 Å². The molecule has 0 aromatic heterocycles. The molecule has 0 aliphatic carbocycles. The summed E-state index contributed by atoms with van der Waals surface area (Å²) in [5, 5.41) is 41.3. The second kappa shape index (κ2) is 7.35. The Hall–Kier alpha value is -4.02. The summed E-state index contributed by atoms with van der Waals surface area (Å²) in [4.78, 5) is 10.9. The van der Waals surface area contributed by atoms with Gasteiger partial charge in [-0.25, -0.2) is 4.79 Å². The molecular formula is C21H13N2O7S-. The van der Waals surface area contributed by atoms with E-state index in [0.29, 0.717) is 10.8 Å². The average molecular weight is 437 g/mol. The fourth-order valence-electron chi connectivity index (χ4n) is 3.30. The molecule has 4 aromatic rings. The summed E-state index contributed by atoms with van der Waals surface area (Å²) in [6, 6.07) is 14.6. The van der Waals surface area contributed by atoms with E-state index in [9.17, 15) is 33.1 Å². The summed E-state index contributed by atoms with van der Waals surface area (Å²) >= 11 is 0. The quantitative estimate of drug-likeness (QED) is 0.319. The number of hydrogen-bond donors (Lipinski definition) is 3. The summed E-state index contributed by atoms with van der Waals surface area (Å²) in [6.07, 6.45) is 0. The number of carbonyl (C=O) groups is 1. The molecule has 0 atom stereocenters. The zero-order valence-corrected chi connectivity index (χ0v) is 16.4. The van der Waals surface area contributed by atoms with E-state index in [1.54, 1.807) is 30.3 Å². The molecule has 0 bridgehead atoms. The van der Waals surface area contributed by atoms with Crippen molar-refractivity contribution in [1.29, 1.82) is 0 Å². The maximum Gasteiger partial charge on any atom is 0.335 e. The van der Waals surface area contributed by atoms with E-state index in [1.807, 2.05) is 0 Å². The summed E-state index contributed by atoms with van der Waals surface area (Å²) < 4.78 is 32.8. The Morgan fingerprint density at radius 2 is 1.45 bits per heavy atom. The number of aromatic carboxylic acids is 1. The van der Waals surface area contributed by atoms with E-state index in [1.165, 1.54) is 24.3 Å². The van der Waals surface area contributed by atoms with Gasteiger partial charge in [-0.15, -0.1) is 5.11 Å². The normalized spacial score (nSPS) is 12.0. The van der Waals surface area contributed by atoms with Crippen molar-refractivity contribution in [3.05, 3.63) is 66.2 Å². The van der Waals surface area contributed by atoms with Crippen LogP contribution in [0.1, 0.15) is 10.4 Å². The van der Waals surface area contributed by atoms with Gasteiger partial charge in [0.1, 0.15) is 16.3 Å². The van der Waals surface area contributed by atoms with Crippen molar-refractivity contribution < 1.29 is 33.1 Å². The molecule has 0 radical (unpaired) electrons. The van der Waals surface area contributed by atoms with E-state index in [0.717, 1.165) is 6.07 Å². The van der Waals surface area contributed by atoms with Gasteiger partial charge in [-0.05, 0) is 11.5 Å². The van der Waals surface area contributed by atoms with E-state index in [2.05, 4.69) is 10.2 Å². The third-order valence-electron chi connectivity index (χ3n) is 4.69. The van der Waals surface area contributed by atoms with Gasteiger partial charge in [0.05, 0.1) is 11.3 Å². The molecule has 3 N–H and O–H groups in total. The van der Waals surface area contributed by atoms with Crippen LogP contribution in [0.5, 0.6) is 11.5 Å². The number of rotatable bonds is 4. The van der Waals surface area contributed by atoms with Crippen LogP contribution in [0, 0.1) is 0 Å². The Labute approximate surface area is 175 Å². The SMILES string of the molecule is O=C(O)c1cc2ccccc2c(N=Nc2c(O)cc(S(=O)(=O)O)c3ccccc23)c1[O-]. The second-order valence-electron chi connectivity index (χ2n) is 6.59. The number of nitrogens with zero attached hydrogens (tertiary/aromatic N) is 2. The zero-order chi connectivity index (χ0) is 22.3. The van der Waals surface area contributed by atoms with Crippen molar-refractivity contribution >= 4 is 49.0 Å². The van der Waals surface area contributed by atoms with E-state index >= 15 is 0 Å². The Bertz CT molecular complexity index is 1510. The van der Waals surface area contributed by atoms with Gasteiger partial charge in [-0.1, -0.05) is 54.3 Å². The van der Waals surface area contributed by atoms with Gasteiger partial charge in [-0.3, -0.25) is 4.55 Å². The summed E-state index contributed by atoms with van der Waals surface area (Å²) in [5.41, 5.74) is -0.867. The Balaban J connectivity index is 1.99. The molecule has 0 unspecified atom stereocenters. The first-order valence-electron chi connectivity index (χ1n) is 8.78. The first kappa shape index (κ1) is 20.3. The minimum absolute atomic E-state index is 0.0863. The zero-order valence-electron chi connectivity index (χ0n) is 15.6. The number of benzene rings is 4. The molecule has 0 aliphatic heterocycles. The number of aromatic hydroxyl groups is 1. The minimum atomic E-state index is -4.63. The Morgan fingerprint density at radius 3 is 2.10 bits per heavy atom. The van der Waals surface area contributed by atoms with Crippen molar-refractivity contribution in [2.75, 3.05) is 0 Å². The molecule has 9 nitrogen and oxygen atoms in total. The predicted octanol–water partition coefficient (Wildman–Crippen LogP) is 4.13. The molecule has 10 heteroatoms. The lowest BCUT2D eigenvalue weighted by Crippen LogP contribution is -2.04. The molecule has 0 saturated carbocycles. The number of phenols is 1. The topological polar surface area (TPSA) is 160 Å². The highest BCUT2D eigenvalue weighted by Gasteiger charge is 2.19. The predicted molar refractivity (Wildman–Crippen MR) is 110 cm³/mol. The molecule has 0 aliphatic rings. The van der Waals surface area contributed by atoms with Crippen LogP contribution in [-0.4, -0.2) is 29.2 Å². The van der Waals surface area contributed by atoms with Crippen LogP contribution in [0.25, 0.3) is 21.5 Å². The van der Waals surface area contributed by atoms with Gasteiger partial charge in [0.25, 0.3) is 10.1 Å². The van der Waals surface area contributed by atoms with Gasteiger partial charge in [0.15, 0.2) is 0 Å². The number of phenolic OH excluding ortho intramolecular Hbond substituents is 1. The van der Waals surface area contributed by atoms with Gasteiger partial charge in [-0.2, -0.15) is 13.5 Å². The molecule has 0 fully saturated rings. The molecular weight excluding hydrogens is 424 g/mol. The molecule has 4 aromatic carbocycles. The molecule has 156 valence electrons. The maximum atomic E-state index is 12.7. The van der Waals surface area contributed by atoms with E-state index in [4.69, 9.17) is 0 Å². The number of carboxylic acid groups (broad SMARTS) is 1. The van der Waals surface area contributed by atoms with Crippen molar-refractivity contribution in [2.24, 2.45) is 10.2 Å². The van der Waals surface area contributed by atoms with E-state index in [-0.39, 0.29) is 22.1 Å². The summed E-state index contributed by atoms with van der Waals surface area (Å²) in [5.74, 6) is -2.87. The Kier molecular flexibility index (Phi) is 4.80. The van der Waals surface area contributed by atoms with Crippen LogP contribution >= 0.6 is 0 Å². The van der Waals surface area contributed by atoms with Crippen LogP contribution in [0.2, 0.25) is 0 Å². The number of azo groups is 1. The number of fused-ring (bicyclic) bond motifs is 2. The first-order chi connectivity index (χ1) is 14.7. The van der Waals surface area contributed by atoms with Crippen molar-refractivity contribution in [3.63, 3.8) is 0 Å². The summed E-state index contributed by atoms with van der Waals surface area (Å²) in [6.45, 7) is 0. The van der Waals surface area contributed by atoms with Gasteiger partial charge in [0.2, 0.25) is 0 Å². The molecule has 0 amide bonds. The smallest absolute Gasteiger partial charge is 0.335 e. The highest BCUT2D eigenvalue weighted by molar-refractivity contribution is 7.86. The van der Waals surface area contributed by atoms with Crippen LogP contribution in [0.4, 0.5) is 11.4 Å². The lowest BCUT2D eigenvalue weighted by atomic mass is 10.0. The maximum absolute atomic E-state index is 12.7. The van der Waals surface area contributed by atoms with Crippen LogP contribution in [-0.2, 0) is 10.1 Å². The minimum Gasteiger partial charge on any atom is -0.870 e. The molecule has 0 saturated heterocycles. The largest absolute Gasteiger partial charge is 0.870 e. The lowest BCUT2D eigenvalue weighted by Gasteiger charge is -2.16. The van der Waals surface area contributed by atoms with Gasteiger partial charge < -0.3 is 15.3 Å². The first-order valence-corrected chi connectivity index (χ1v) is 10.2. The lowest BCUT2D eigenvalue weighted by molar-refractivity contribution is -0.267. The molecule has 4 rings (SSSR count). The third kappa shape index (κ3) is 3.54. The molecule has 31 heavy (non-hydrogen) atoms. The monoisotopic (exact) mass is 437 g/mol. The van der Waals surface area contributed by atoms with Crippen LogP contribution < -0.4 is 5.11 Å². The van der Waals surface area contributed by atoms with Gasteiger partial charge in [0, 0.05) is 22.2 Å². The number of hydrogen-bond acceptors (Lipinski definition) is 7. The van der Waals surface area contributed by atoms with Crippen LogP contribution in [0.15, 0.2) is 75.8 Å². The standard InChI is InChI=1S/C21H14N2O7S/c24-16-10-17(31(28,29)30)13-7-3-4-8-14(13)18(16)22-23-19-12-6-2-1-5-11(12)9-15(20(19)25)21(26)27/h1-10,24-25H,(H,26,27)(H,28,29,30)/p-1. The van der Waals surface area contributed by atoms with Gasteiger partial charge >= 0.3 is 5.97 Å². The fourth-order valence-corrected chi connectivity index (χ4v) is 4.02. The summed E-state index contributed by atoms with van der Waals surface area (Å²) in [7, 11) is -4.63. The number of carboxylic acids is 1. The van der Waals surface area contributed by atoms with Crippen molar-refractivity contribution in [2.45, 2.75) is 4.90 Å². The van der Waals surface area contributed by atoms with Crippen molar-refractivity contribution in [3.8, 4) is 11.5 Å². The molecule has 0 heterocycles. The van der Waals surface area contributed by atoms with Crippen molar-refractivity contribution in [1.82, 2.24) is 0 Å². The molecule has 0 spiro atoms. The average Bonchev–Trinajstić information content (AvgIpc) is 2.72. The highest BCUT2D eigenvalue weighted by Crippen LogP contribution is 2.42. The third-order valence-corrected chi connectivity index (χ3v) is 5.59. The van der Waals surface area contributed by atoms with E-state index < -0.39 is 38.0 Å². The second-order valence-corrected chi connectivity index (χ2v) is 7.98. The highest BCUT2D eigenvalue weighted by atomic mass is 32.2. The Morgan fingerprint density at radius 1 is 0.871 bits per heavy atom. The fraction of sp³-hybridized carbons (Fsp3) is 0.